The summed E-state index contributed by atoms with van der Waals surface area (Å²) in [5, 5.41) is 11.6. The normalized spacial score (nSPS) is 11.8. The first kappa shape index (κ1) is 11.4. The number of halogens is 1. The fraction of sp³-hybridized carbons (Fsp3) is 0.375. The maximum atomic E-state index is 11.4. The van der Waals surface area contributed by atoms with Gasteiger partial charge in [-0.1, -0.05) is 0 Å². The minimum Gasteiger partial charge on any atom is -0.349 e. The lowest BCUT2D eigenvalue weighted by molar-refractivity contribution is 0.0950. The maximum absolute atomic E-state index is 11.4. The highest BCUT2D eigenvalue weighted by atomic mass is 127. The molecule has 1 N–H and O–H groups in total. The Morgan fingerprint density at radius 3 is 3.14 bits per heavy atom. The van der Waals surface area contributed by atoms with Crippen molar-refractivity contribution in [3.8, 4) is 6.07 Å². The Balaban J connectivity index is 2.48. The highest BCUT2D eigenvalue weighted by Crippen LogP contribution is 2.14. The van der Waals surface area contributed by atoms with E-state index in [1.54, 1.807) is 13.1 Å². The van der Waals surface area contributed by atoms with Crippen LogP contribution in [0.2, 0.25) is 0 Å². The van der Waals surface area contributed by atoms with E-state index < -0.39 is 0 Å². The second-order valence-corrected chi connectivity index (χ2v) is 5.63. The Kier molecular flexibility index (Phi) is 4.28. The molecule has 14 heavy (non-hydrogen) atoms. The molecule has 0 fully saturated rings. The van der Waals surface area contributed by atoms with Crippen molar-refractivity contribution in [2.24, 2.45) is 5.92 Å². The van der Waals surface area contributed by atoms with Crippen molar-refractivity contribution in [1.82, 2.24) is 10.3 Å². The Hall–Kier alpha value is -0.680. The molecule has 4 nitrogen and oxygen atoms in total. The number of nitrogens with zero attached hydrogens (tertiary/aromatic N) is 2. The van der Waals surface area contributed by atoms with E-state index in [2.05, 4.69) is 32.9 Å². The SMILES string of the molecule is C[C@H](C#N)CNC(=O)c1ncc(I)s1. The number of aromatic nitrogens is 1. The van der Waals surface area contributed by atoms with Crippen LogP contribution in [-0.4, -0.2) is 17.4 Å². The van der Waals surface area contributed by atoms with Crippen LogP contribution in [0.1, 0.15) is 16.7 Å². The number of rotatable bonds is 3. The van der Waals surface area contributed by atoms with Crippen molar-refractivity contribution in [3.63, 3.8) is 0 Å². The van der Waals surface area contributed by atoms with Gasteiger partial charge in [0.25, 0.3) is 5.91 Å². The van der Waals surface area contributed by atoms with Gasteiger partial charge in [-0.25, -0.2) is 4.98 Å². The third kappa shape index (κ3) is 3.23. The molecule has 0 bridgehead atoms. The van der Waals surface area contributed by atoms with Gasteiger partial charge in [0.15, 0.2) is 5.01 Å². The fourth-order valence-electron chi connectivity index (χ4n) is 0.726. The molecule has 0 saturated carbocycles. The van der Waals surface area contributed by atoms with E-state index in [1.807, 2.05) is 6.07 Å². The zero-order valence-electron chi connectivity index (χ0n) is 7.45. The van der Waals surface area contributed by atoms with Crippen molar-refractivity contribution in [2.75, 3.05) is 6.54 Å². The second kappa shape index (κ2) is 5.26. The van der Waals surface area contributed by atoms with E-state index in [4.69, 9.17) is 5.26 Å². The van der Waals surface area contributed by atoms with E-state index in [9.17, 15) is 4.79 Å². The molecule has 0 aliphatic carbocycles. The van der Waals surface area contributed by atoms with Crippen LogP contribution >= 0.6 is 33.9 Å². The van der Waals surface area contributed by atoms with Gasteiger partial charge in [0, 0.05) is 6.54 Å². The molecule has 1 aromatic rings. The van der Waals surface area contributed by atoms with Crippen molar-refractivity contribution >= 4 is 39.8 Å². The van der Waals surface area contributed by atoms with Gasteiger partial charge in [0.1, 0.15) is 0 Å². The summed E-state index contributed by atoms with van der Waals surface area (Å²) in [5.41, 5.74) is 0. The molecular formula is C8H8IN3OS. The number of hydrogen-bond donors (Lipinski definition) is 1. The number of carbonyl (C=O) groups excluding carboxylic acids is 1. The van der Waals surface area contributed by atoms with E-state index >= 15 is 0 Å². The van der Waals surface area contributed by atoms with Gasteiger partial charge in [0.2, 0.25) is 0 Å². The number of carbonyl (C=O) groups is 1. The lowest BCUT2D eigenvalue weighted by Crippen LogP contribution is -2.27. The van der Waals surface area contributed by atoms with Gasteiger partial charge in [-0.2, -0.15) is 5.26 Å². The molecule has 1 atom stereocenters. The quantitative estimate of drug-likeness (QED) is 0.861. The van der Waals surface area contributed by atoms with Crippen LogP contribution in [-0.2, 0) is 0 Å². The van der Waals surface area contributed by atoms with Gasteiger partial charge < -0.3 is 5.32 Å². The summed E-state index contributed by atoms with van der Waals surface area (Å²) in [7, 11) is 0. The first-order chi connectivity index (χ1) is 6.63. The van der Waals surface area contributed by atoms with Crippen LogP contribution in [0.4, 0.5) is 0 Å². The molecule has 0 saturated heterocycles. The highest BCUT2D eigenvalue weighted by molar-refractivity contribution is 14.1. The van der Waals surface area contributed by atoms with E-state index in [0.717, 1.165) is 2.88 Å². The van der Waals surface area contributed by atoms with Crippen molar-refractivity contribution in [1.29, 1.82) is 5.26 Å². The van der Waals surface area contributed by atoms with Crippen LogP contribution in [0.25, 0.3) is 0 Å². The van der Waals surface area contributed by atoms with E-state index in [1.165, 1.54) is 11.3 Å². The van der Waals surface area contributed by atoms with Gasteiger partial charge in [-0.05, 0) is 29.5 Å². The zero-order chi connectivity index (χ0) is 10.6. The largest absolute Gasteiger partial charge is 0.349 e. The molecule has 0 unspecified atom stereocenters. The molecule has 1 amide bonds. The van der Waals surface area contributed by atoms with Gasteiger partial charge in [0.05, 0.1) is 21.1 Å². The molecule has 0 aliphatic heterocycles. The summed E-state index contributed by atoms with van der Waals surface area (Å²) in [4.78, 5) is 15.3. The number of amides is 1. The molecule has 6 heteroatoms. The first-order valence-corrected chi connectivity index (χ1v) is 5.82. The number of nitriles is 1. The zero-order valence-corrected chi connectivity index (χ0v) is 10.4. The Morgan fingerprint density at radius 2 is 2.64 bits per heavy atom. The highest BCUT2D eigenvalue weighted by Gasteiger charge is 2.10. The Labute approximate surface area is 99.5 Å². The van der Waals surface area contributed by atoms with Crippen LogP contribution in [0.5, 0.6) is 0 Å². The van der Waals surface area contributed by atoms with Crippen LogP contribution in [0.3, 0.4) is 0 Å². The Bertz CT molecular complexity index is 371. The molecule has 0 aromatic carbocycles. The van der Waals surface area contributed by atoms with Gasteiger partial charge >= 0.3 is 0 Å². The van der Waals surface area contributed by atoms with E-state index in [-0.39, 0.29) is 11.8 Å². The third-order valence-corrected chi connectivity index (χ3v) is 3.18. The fourth-order valence-corrected chi connectivity index (χ4v) is 2.05. The minimum absolute atomic E-state index is 0.169. The topological polar surface area (TPSA) is 65.8 Å². The summed E-state index contributed by atoms with van der Waals surface area (Å²) in [6.45, 7) is 2.12. The average Bonchev–Trinajstić information content (AvgIpc) is 2.60. The molecule has 1 heterocycles. The molecule has 74 valence electrons. The summed E-state index contributed by atoms with van der Waals surface area (Å²) in [6, 6.07) is 2.04. The Morgan fingerprint density at radius 1 is 1.93 bits per heavy atom. The second-order valence-electron chi connectivity index (χ2n) is 2.71. The monoisotopic (exact) mass is 321 g/mol. The first-order valence-electron chi connectivity index (χ1n) is 3.92. The molecular weight excluding hydrogens is 313 g/mol. The molecule has 0 spiro atoms. The minimum atomic E-state index is -0.208. The summed E-state index contributed by atoms with van der Waals surface area (Å²) in [6.07, 6.45) is 1.65. The summed E-state index contributed by atoms with van der Waals surface area (Å²) in [5.74, 6) is -0.377. The van der Waals surface area contributed by atoms with E-state index in [0.29, 0.717) is 11.6 Å². The maximum Gasteiger partial charge on any atom is 0.280 e. The van der Waals surface area contributed by atoms with Crippen LogP contribution < -0.4 is 5.32 Å². The summed E-state index contributed by atoms with van der Waals surface area (Å²) >= 11 is 3.44. The molecule has 1 rings (SSSR count). The smallest absolute Gasteiger partial charge is 0.280 e. The van der Waals surface area contributed by atoms with Crippen LogP contribution in [0, 0.1) is 20.1 Å². The van der Waals surface area contributed by atoms with Gasteiger partial charge in [-0.3, -0.25) is 4.79 Å². The van der Waals surface area contributed by atoms with Crippen molar-refractivity contribution in [3.05, 3.63) is 14.1 Å². The molecule has 1 aromatic heterocycles. The number of thiazole rings is 1. The summed E-state index contributed by atoms with van der Waals surface area (Å²) < 4.78 is 0.973. The lowest BCUT2D eigenvalue weighted by Gasteiger charge is -2.02. The van der Waals surface area contributed by atoms with Crippen molar-refractivity contribution in [2.45, 2.75) is 6.92 Å². The lowest BCUT2D eigenvalue weighted by atomic mass is 10.2. The molecule has 0 radical (unpaired) electrons. The molecule has 0 aliphatic rings. The van der Waals surface area contributed by atoms with Gasteiger partial charge in [-0.15, -0.1) is 11.3 Å². The average molecular weight is 321 g/mol. The number of nitrogens with one attached hydrogen (secondary N) is 1. The standard InChI is InChI=1S/C8H8IN3OS/c1-5(2-10)3-11-7(13)8-12-4-6(9)14-8/h4-5H,3H2,1H3,(H,11,13)/t5-/m1/s1. The van der Waals surface area contributed by atoms with Crippen molar-refractivity contribution < 1.29 is 4.79 Å². The predicted octanol–water partition coefficient (Wildman–Crippen LogP) is 1.64. The van der Waals surface area contributed by atoms with Crippen LogP contribution in [0.15, 0.2) is 6.20 Å². The number of hydrogen-bond acceptors (Lipinski definition) is 4. The third-order valence-electron chi connectivity index (χ3n) is 1.46. The predicted molar refractivity (Wildman–Crippen MR) is 61.9 cm³/mol.